The first kappa shape index (κ1) is 6.30. The number of hydrogen-bond acceptors (Lipinski definition) is 0. The minimum atomic E-state index is 1.05. The Kier molecular flexibility index (Phi) is 2.08. The third kappa shape index (κ3) is 1.60. The summed E-state index contributed by atoms with van der Waals surface area (Å²) in [6.07, 6.45) is 0. The molecule has 0 N–H and O–H groups in total. The van der Waals surface area contributed by atoms with E-state index in [1.54, 1.807) is 0 Å². The quantitative estimate of drug-likeness (QED) is 0.648. The van der Waals surface area contributed by atoms with E-state index in [2.05, 4.69) is 37.9 Å². The molecule has 0 atom stereocenters. The zero-order chi connectivity index (χ0) is 5.98. The Morgan fingerprint density at radius 2 is 1.62 bits per heavy atom. The van der Waals surface area contributed by atoms with Crippen LogP contribution in [0.2, 0.25) is 0 Å². The van der Waals surface area contributed by atoms with Crippen LogP contribution in [0.25, 0.3) is 0 Å². The van der Waals surface area contributed by atoms with Gasteiger partial charge in [-0.1, -0.05) is 31.9 Å². The molecule has 1 radical (unpaired) electrons. The van der Waals surface area contributed by atoms with Gasteiger partial charge in [0.2, 0.25) is 0 Å². The summed E-state index contributed by atoms with van der Waals surface area (Å²) in [5.41, 5.74) is 0. The second-order valence-corrected chi connectivity index (χ2v) is 3.20. The van der Waals surface area contributed by atoms with E-state index in [1.807, 2.05) is 18.2 Å². The first-order valence-corrected chi connectivity index (χ1v) is 3.70. The summed E-state index contributed by atoms with van der Waals surface area (Å²) in [6.45, 7) is 0. The van der Waals surface area contributed by atoms with E-state index < -0.39 is 0 Å². The highest BCUT2D eigenvalue weighted by Crippen LogP contribution is 2.15. The van der Waals surface area contributed by atoms with Crippen LogP contribution < -0.4 is 0 Å². The molecule has 0 aliphatic rings. The summed E-state index contributed by atoms with van der Waals surface area (Å²) in [6, 6.07) is 8.64. The number of rotatable bonds is 0. The second kappa shape index (κ2) is 2.65. The molecule has 1 rings (SSSR count). The van der Waals surface area contributed by atoms with E-state index in [0.29, 0.717) is 0 Å². The van der Waals surface area contributed by atoms with E-state index in [4.69, 9.17) is 0 Å². The Morgan fingerprint density at radius 3 is 1.88 bits per heavy atom. The molecule has 1 aromatic rings. The van der Waals surface area contributed by atoms with Crippen molar-refractivity contribution in [1.29, 1.82) is 0 Å². The third-order valence-corrected chi connectivity index (χ3v) is 1.63. The lowest BCUT2D eigenvalue weighted by atomic mass is 10.4. The lowest BCUT2D eigenvalue weighted by Crippen LogP contribution is -1.62. The Morgan fingerprint density at radius 1 is 1.12 bits per heavy atom. The van der Waals surface area contributed by atoms with Gasteiger partial charge in [0.25, 0.3) is 0 Å². The van der Waals surface area contributed by atoms with Crippen LogP contribution in [0, 0.1) is 6.07 Å². The van der Waals surface area contributed by atoms with Gasteiger partial charge in [-0.2, -0.15) is 0 Å². The predicted molar refractivity (Wildman–Crippen MR) is 40.7 cm³/mol. The van der Waals surface area contributed by atoms with Gasteiger partial charge in [-0.25, -0.2) is 0 Å². The average molecular weight is 235 g/mol. The highest BCUT2D eigenvalue weighted by Gasteiger charge is 1.84. The summed E-state index contributed by atoms with van der Waals surface area (Å²) < 4.78 is 2.10. The molecule has 0 aliphatic heterocycles. The van der Waals surface area contributed by atoms with Gasteiger partial charge in [0, 0.05) is 8.95 Å². The highest BCUT2D eigenvalue weighted by molar-refractivity contribution is 9.11. The minimum Gasteiger partial charge on any atom is -0.0508 e. The fourth-order valence-corrected chi connectivity index (χ4v) is 1.48. The molecule has 0 unspecified atom stereocenters. The molecule has 2 heteroatoms. The topological polar surface area (TPSA) is 0 Å². The van der Waals surface area contributed by atoms with Gasteiger partial charge in [0.1, 0.15) is 0 Å². The van der Waals surface area contributed by atoms with E-state index in [0.717, 1.165) is 8.95 Å². The van der Waals surface area contributed by atoms with Crippen LogP contribution in [-0.2, 0) is 0 Å². The molecule has 0 aliphatic carbocycles. The van der Waals surface area contributed by atoms with E-state index in [1.165, 1.54) is 0 Å². The van der Waals surface area contributed by atoms with Crippen molar-refractivity contribution in [3.05, 3.63) is 33.2 Å². The van der Waals surface area contributed by atoms with Crippen molar-refractivity contribution in [3.63, 3.8) is 0 Å². The molecule has 8 heavy (non-hydrogen) atoms. The van der Waals surface area contributed by atoms with Crippen molar-refractivity contribution in [2.24, 2.45) is 0 Å². The van der Waals surface area contributed by atoms with Crippen LogP contribution in [0.4, 0.5) is 0 Å². The molecule has 41 valence electrons. The zero-order valence-electron chi connectivity index (χ0n) is 3.99. The average Bonchev–Trinajstić information content (AvgIpc) is 1.64. The Labute approximate surface area is 65.2 Å². The molecule has 0 amide bonds. The first-order valence-electron chi connectivity index (χ1n) is 2.11. The molecular formula is C6H3Br2. The lowest BCUT2D eigenvalue weighted by Gasteiger charge is -1.86. The fraction of sp³-hybridized carbons (Fsp3) is 0. The SMILES string of the molecule is Brc1c[c]cc(Br)c1. The van der Waals surface area contributed by atoms with Crippen molar-refractivity contribution < 1.29 is 0 Å². The Balaban J connectivity index is 3.08. The van der Waals surface area contributed by atoms with Crippen LogP contribution in [0.1, 0.15) is 0 Å². The Hall–Kier alpha value is 0.180. The predicted octanol–water partition coefficient (Wildman–Crippen LogP) is 3.01. The van der Waals surface area contributed by atoms with E-state index in [9.17, 15) is 0 Å². The molecule has 0 saturated carbocycles. The van der Waals surface area contributed by atoms with E-state index >= 15 is 0 Å². The summed E-state index contributed by atoms with van der Waals surface area (Å²) in [7, 11) is 0. The summed E-state index contributed by atoms with van der Waals surface area (Å²) in [5, 5.41) is 0. The van der Waals surface area contributed by atoms with Gasteiger partial charge in [-0.3, -0.25) is 0 Å². The summed E-state index contributed by atoms with van der Waals surface area (Å²) in [5.74, 6) is 0. The van der Waals surface area contributed by atoms with Crippen molar-refractivity contribution in [2.45, 2.75) is 0 Å². The third-order valence-electron chi connectivity index (χ3n) is 0.718. The minimum absolute atomic E-state index is 1.05. The highest BCUT2D eigenvalue weighted by atomic mass is 79.9. The van der Waals surface area contributed by atoms with Gasteiger partial charge in [0.15, 0.2) is 0 Å². The molecule has 1 aromatic carbocycles. The van der Waals surface area contributed by atoms with Gasteiger partial charge in [-0.15, -0.1) is 0 Å². The van der Waals surface area contributed by atoms with Crippen molar-refractivity contribution in [3.8, 4) is 0 Å². The maximum atomic E-state index is 3.30. The monoisotopic (exact) mass is 233 g/mol. The zero-order valence-corrected chi connectivity index (χ0v) is 7.16. The standard InChI is InChI=1S/C6H3Br2/c7-5-2-1-3-6(8)4-5/h2-4H. The van der Waals surface area contributed by atoms with Crippen LogP contribution in [0.15, 0.2) is 27.1 Å². The first-order chi connectivity index (χ1) is 3.79. The van der Waals surface area contributed by atoms with Crippen LogP contribution in [0.5, 0.6) is 0 Å². The molecule has 0 spiro atoms. The maximum Gasteiger partial charge on any atom is 0.0192 e. The molecule has 0 heterocycles. The summed E-state index contributed by atoms with van der Waals surface area (Å²) in [4.78, 5) is 0. The molecular weight excluding hydrogens is 232 g/mol. The van der Waals surface area contributed by atoms with Crippen LogP contribution >= 0.6 is 31.9 Å². The largest absolute Gasteiger partial charge is 0.0508 e. The lowest BCUT2D eigenvalue weighted by molar-refractivity contribution is 1.59. The van der Waals surface area contributed by atoms with Gasteiger partial charge in [-0.05, 0) is 24.3 Å². The van der Waals surface area contributed by atoms with E-state index in [-0.39, 0.29) is 0 Å². The van der Waals surface area contributed by atoms with Crippen molar-refractivity contribution in [2.75, 3.05) is 0 Å². The van der Waals surface area contributed by atoms with Crippen molar-refractivity contribution >= 4 is 31.9 Å². The number of halogens is 2. The normalized spacial score (nSPS) is 9.25. The molecule has 0 bridgehead atoms. The maximum absolute atomic E-state index is 3.30. The van der Waals surface area contributed by atoms with Gasteiger partial charge >= 0.3 is 0 Å². The Bertz CT molecular complexity index is 166. The van der Waals surface area contributed by atoms with Gasteiger partial charge < -0.3 is 0 Å². The molecule has 0 nitrogen and oxygen atoms in total. The molecule has 0 aromatic heterocycles. The molecule has 0 fully saturated rings. The number of hydrogen-bond donors (Lipinski definition) is 0. The molecule has 0 saturated heterocycles. The summed E-state index contributed by atoms with van der Waals surface area (Å²) >= 11 is 6.60. The smallest absolute Gasteiger partial charge is 0.0192 e. The van der Waals surface area contributed by atoms with Crippen LogP contribution in [0.3, 0.4) is 0 Å². The van der Waals surface area contributed by atoms with Crippen molar-refractivity contribution in [1.82, 2.24) is 0 Å². The number of benzene rings is 1. The second-order valence-electron chi connectivity index (χ2n) is 1.37. The fourth-order valence-electron chi connectivity index (χ4n) is 0.416. The van der Waals surface area contributed by atoms with Gasteiger partial charge in [0.05, 0.1) is 0 Å². The van der Waals surface area contributed by atoms with Crippen LogP contribution in [-0.4, -0.2) is 0 Å².